The summed E-state index contributed by atoms with van der Waals surface area (Å²) in [5.74, 6) is -0.973. The first kappa shape index (κ1) is 13.8. The van der Waals surface area contributed by atoms with Crippen LogP contribution in [0, 0.1) is 12.3 Å². The van der Waals surface area contributed by atoms with Crippen molar-refractivity contribution in [3.8, 4) is 0 Å². The van der Waals surface area contributed by atoms with Gasteiger partial charge in [-0.15, -0.1) is 11.3 Å². The van der Waals surface area contributed by atoms with Crippen molar-refractivity contribution >= 4 is 33.3 Å². The zero-order valence-electron chi connectivity index (χ0n) is 11.5. The summed E-state index contributed by atoms with van der Waals surface area (Å²) in [4.78, 5) is 24.5. The van der Waals surface area contributed by atoms with Crippen LogP contribution in [0.3, 0.4) is 0 Å². The molecule has 2 rings (SSSR count). The number of hydrogen-bond acceptors (Lipinski definition) is 3. The zero-order chi connectivity index (χ0) is 14.4. The predicted molar refractivity (Wildman–Crippen MR) is 76.0 cm³/mol. The lowest BCUT2D eigenvalue weighted by Crippen LogP contribution is -2.26. The fourth-order valence-electron chi connectivity index (χ4n) is 1.89. The van der Waals surface area contributed by atoms with Gasteiger partial charge in [-0.1, -0.05) is 20.8 Å². The molecule has 0 radical (unpaired) electrons. The molecule has 2 heterocycles. The number of Topliss-reactive ketones (excluding diaryl/α,β-unsaturated/α-hetero) is 1. The molecule has 0 unspecified atom stereocenters. The lowest BCUT2D eigenvalue weighted by atomic mass is 9.91. The summed E-state index contributed by atoms with van der Waals surface area (Å²) in [6.45, 7) is 7.60. The van der Waals surface area contributed by atoms with Crippen LogP contribution in [-0.4, -0.2) is 21.4 Å². The molecule has 0 fully saturated rings. The standard InChI is InChI=1S/C14H17NO3S/c1-8-5-9-11(19-8)6-10(13(17)18)15(9)7-12(16)14(2,3)4/h5-6H,7H2,1-4H3,(H,17,18). The molecular formula is C14H17NO3S. The molecule has 2 aromatic rings. The molecule has 0 bridgehead atoms. The van der Waals surface area contributed by atoms with Crippen molar-refractivity contribution in [1.29, 1.82) is 0 Å². The number of rotatable bonds is 3. The number of fused-ring (bicyclic) bond motifs is 1. The quantitative estimate of drug-likeness (QED) is 0.937. The number of aromatic nitrogens is 1. The van der Waals surface area contributed by atoms with E-state index in [0.29, 0.717) is 0 Å². The van der Waals surface area contributed by atoms with Crippen molar-refractivity contribution in [3.63, 3.8) is 0 Å². The molecule has 0 aromatic carbocycles. The average molecular weight is 279 g/mol. The Balaban J connectivity index is 2.52. The van der Waals surface area contributed by atoms with E-state index >= 15 is 0 Å². The van der Waals surface area contributed by atoms with E-state index in [-0.39, 0.29) is 18.0 Å². The molecule has 0 atom stereocenters. The van der Waals surface area contributed by atoms with Crippen LogP contribution < -0.4 is 0 Å². The topological polar surface area (TPSA) is 59.3 Å². The van der Waals surface area contributed by atoms with Gasteiger partial charge in [-0.25, -0.2) is 4.79 Å². The van der Waals surface area contributed by atoms with Gasteiger partial charge in [0.15, 0.2) is 5.78 Å². The summed E-state index contributed by atoms with van der Waals surface area (Å²) in [5.41, 5.74) is 0.536. The smallest absolute Gasteiger partial charge is 0.352 e. The van der Waals surface area contributed by atoms with Crippen LogP contribution in [0.5, 0.6) is 0 Å². The number of hydrogen-bond donors (Lipinski definition) is 1. The number of ketones is 1. The van der Waals surface area contributed by atoms with Gasteiger partial charge < -0.3 is 9.67 Å². The van der Waals surface area contributed by atoms with E-state index in [0.717, 1.165) is 15.1 Å². The molecule has 2 aromatic heterocycles. The Bertz CT molecular complexity index is 658. The van der Waals surface area contributed by atoms with Gasteiger partial charge in [0, 0.05) is 10.3 Å². The van der Waals surface area contributed by atoms with Gasteiger partial charge >= 0.3 is 5.97 Å². The number of carbonyl (C=O) groups is 2. The van der Waals surface area contributed by atoms with Crippen molar-refractivity contribution in [2.24, 2.45) is 5.41 Å². The van der Waals surface area contributed by atoms with Crippen molar-refractivity contribution in [3.05, 3.63) is 22.7 Å². The van der Waals surface area contributed by atoms with Gasteiger partial charge in [0.25, 0.3) is 0 Å². The maximum Gasteiger partial charge on any atom is 0.352 e. The first-order chi connectivity index (χ1) is 8.70. The summed E-state index contributed by atoms with van der Waals surface area (Å²) in [5, 5.41) is 9.24. The lowest BCUT2D eigenvalue weighted by molar-refractivity contribution is -0.126. The van der Waals surface area contributed by atoms with Crippen LogP contribution in [0.1, 0.15) is 36.1 Å². The summed E-state index contributed by atoms with van der Waals surface area (Å²) in [6, 6.07) is 3.58. The fraction of sp³-hybridized carbons (Fsp3) is 0.429. The van der Waals surface area contributed by atoms with E-state index in [2.05, 4.69) is 0 Å². The molecule has 0 amide bonds. The molecular weight excluding hydrogens is 262 g/mol. The first-order valence-corrected chi connectivity index (χ1v) is 6.88. The minimum atomic E-state index is -0.997. The number of aromatic carboxylic acids is 1. The lowest BCUT2D eigenvalue weighted by Gasteiger charge is -2.18. The fourth-order valence-corrected chi connectivity index (χ4v) is 2.86. The minimum Gasteiger partial charge on any atom is -0.477 e. The van der Waals surface area contributed by atoms with Crippen LogP contribution in [-0.2, 0) is 11.3 Å². The molecule has 4 nitrogen and oxygen atoms in total. The Labute approximate surface area is 115 Å². The van der Waals surface area contributed by atoms with E-state index in [4.69, 9.17) is 0 Å². The first-order valence-electron chi connectivity index (χ1n) is 6.06. The molecule has 19 heavy (non-hydrogen) atoms. The van der Waals surface area contributed by atoms with Crippen molar-refractivity contribution in [1.82, 2.24) is 4.57 Å². The Hall–Kier alpha value is -1.62. The SMILES string of the molecule is Cc1cc2c(cc(C(=O)O)n2CC(=O)C(C)(C)C)s1. The molecule has 102 valence electrons. The Morgan fingerprint density at radius 3 is 2.47 bits per heavy atom. The number of carboxylic acid groups (broad SMARTS) is 1. The highest BCUT2D eigenvalue weighted by atomic mass is 32.1. The van der Waals surface area contributed by atoms with Gasteiger partial charge in [-0.3, -0.25) is 4.79 Å². The molecule has 1 N–H and O–H groups in total. The molecule has 0 saturated carbocycles. The summed E-state index contributed by atoms with van der Waals surface area (Å²) in [6.07, 6.45) is 0. The maximum atomic E-state index is 12.1. The predicted octanol–water partition coefficient (Wildman–Crippen LogP) is 3.32. The molecule has 0 aliphatic rings. The van der Waals surface area contributed by atoms with Crippen LogP contribution in [0.2, 0.25) is 0 Å². The third-order valence-corrected chi connectivity index (χ3v) is 4.06. The molecule has 0 aliphatic heterocycles. The second-order valence-electron chi connectivity index (χ2n) is 5.70. The zero-order valence-corrected chi connectivity index (χ0v) is 12.3. The van der Waals surface area contributed by atoms with Crippen molar-refractivity contribution in [2.45, 2.75) is 34.2 Å². The Kier molecular flexibility index (Phi) is 3.26. The number of carbonyl (C=O) groups excluding carboxylic acids is 1. The van der Waals surface area contributed by atoms with E-state index in [1.807, 2.05) is 33.8 Å². The van der Waals surface area contributed by atoms with E-state index < -0.39 is 11.4 Å². The Morgan fingerprint density at radius 2 is 1.95 bits per heavy atom. The van der Waals surface area contributed by atoms with Gasteiger partial charge in [0.05, 0.1) is 16.8 Å². The highest BCUT2D eigenvalue weighted by molar-refractivity contribution is 7.19. The Morgan fingerprint density at radius 1 is 1.32 bits per heavy atom. The molecule has 0 spiro atoms. The maximum absolute atomic E-state index is 12.1. The minimum absolute atomic E-state index is 0.0244. The summed E-state index contributed by atoms with van der Waals surface area (Å²) < 4.78 is 2.52. The van der Waals surface area contributed by atoms with Crippen LogP contribution in [0.4, 0.5) is 0 Å². The van der Waals surface area contributed by atoms with Gasteiger partial charge in [-0.2, -0.15) is 0 Å². The molecule has 5 heteroatoms. The highest BCUT2D eigenvalue weighted by Gasteiger charge is 2.25. The average Bonchev–Trinajstić information content (AvgIpc) is 2.75. The highest BCUT2D eigenvalue weighted by Crippen LogP contribution is 2.29. The van der Waals surface area contributed by atoms with E-state index in [1.54, 1.807) is 22.0 Å². The third-order valence-electron chi connectivity index (χ3n) is 3.07. The van der Waals surface area contributed by atoms with Crippen LogP contribution >= 0.6 is 11.3 Å². The second-order valence-corrected chi connectivity index (χ2v) is 6.99. The van der Waals surface area contributed by atoms with Crippen LogP contribution in [0.25, 0.3) is 10.2 Å². The van der Waals surface area contributed by atoms with Gasteiger partial charge in [0.1, 0.15) is 5.69 Å². The molecule has 0 aliphatic carbocycles. The van der Waals surface area contributed by atoms with Crippen LogP contribution in [0.15, 0.2) is 12.1 Å². The summed E-state index contributed by atoms with van der Waals surface area (Å²) >= 11 is 1.54. The van der Waals surface area contributed by atoms with Gasteiger partial charge in [0.2, 0.25) is 0 Å². The van der Waals surface area contributed by atoms with Crippen molar-refractivity contribution in [2.75, 3.05) is 0 Å². The number of aryl methyl sites for hydroxylation is 1. The normalized spacial score (nSPS) is 12.0. The van der Waals surface area contributed by atoms with E-state index in [9.17, 15) is 14.7 Å². The molecule has 0 saturated heterocycles. The number of carboxylic acids is 1. The number of nitrogens with zero attached hydrogens (tertiary/aromatic N) is 1. The second kappa shape index (κ2) is 4.49. The number of thiophene rings is 1. The largest absolute Gasteiger partial charge is 0.477 e. The monoisotopic (exact) mass is 279 g/mol. The van der Waals surface area contributed by atoms with E-state index in [1.165, 1.54) is 0 Å². The van der Waals surface area contributed by atoms with Gasteiger partial charge in [-0.05, 0) is 19.1 Å². The van der Waals surface area contributed by atoms with Crippen molar-refractivity contribution < 1.29 is 14.7 Å². The third kappa shape index (κ3) is 2.56. The summed E-state index contributed by atoms with van der Waals surface area (Å²) in [7, 11) is 0.